The molecule has 2 heterocycles. The van der Waals surface area contributed by atoms with Crippen molar-refractivity contribution in [3.8, 4) is 17.6 Å². The van der Waals surface area contributed by atoms with Crippen LogP contribution in [-0.4, -0.2) is 21.6 Å². The Bertz CT molecular complexity index is 847. The number of nitrogens with zero attached hydrogens (tertiary/aromatic N) is 2. The van der Waals surface area contributed by atoms with Crippen LogP contribution in [0.3, 0.4) is 0 Å². The molecule has 0 saturated carbocycles. The number of para-hydroxylation sites is 1. The van der Waals surface area contributed by atoms with Crippen LogP contribution in [0.1, 0.15) is 5.69 Å². The van der Waals surface area contributed by atoms with Crippen LogP contribution in [0.15, 0.2) is 36.7 Å². The van der Waals surface area contributed by atoms with E-state index < -0.39 is 5.82 Å². The maximum Gasteiger partial charge on any atom is 0.165 e. The van der Waals surface area contributed by atoms with E-state index in [4.69, 9.17) is 10.5 Å². The van der Waals surface area contributed by atoms with E-state index in [1.54, 1.807) is 24.3 Å². The molecule has 1 aromatic carbocycles. The molecule has 3 N–H and O–H groups in total. The predicted molar refractivity (Wildman–Crippen MR) is 77.1 cm³/mol. The van der Waals surface area contributed by atoms with E-state index >= 15 is 0 Å². The number of aromatic amines is 1. The minimum absolute atomic E-state index is 0.0808. The molecule has 6 heteroatoms. The molecule has 0 unspecified atom stereocenters. The SMILES string of the molecule is Nc1ncnc2[nH]c(C#CCOc3ccccc3F)cc12. The lowest BCUT2D eigenvalue weighted by atomic mass is 10.3. The van der Waals surface area contributed by atoms with E-state index in [1.165, 1.54) is 12.4 Å². The fraction of sp³-hybridized carbons (Fsp3) is 0.0667. The molecule has 104 valence electrons. The summed E-state index contributed by atoms with van der Waals surface area (Å²) in [5, 5.41) is 0.719. The van der Waals surface area contributed by atoms with Gasteiger partial charge >= 0.3 is 0 Å². The van der Waals surface area contributed by atoms with Crippen molar-refractivity contribution < 1.29 is 9.13 Å². The van der Waals surface area contributed by atoms with Gasteiger partial charge in [0.1, 0.15) is 24.4 Å². The summed E-state index contributed by atoms with van der Waals surface area (Å²) in [7, 11) is 0. The molecule has 0 spiro atoms. The molecular formula is C15H11FN4O. The lowest BCUT2D eigenvalue weighted by molar-refractivity contribution is 0.348. The fourth-order valence-corrected chi connectivity index (χ4v) is 1.83. The van der Waals surface area contributed by atoms with Crippen LogP contribution in [0.5, 0.6) is 5.75 Å². The van der Waals surface area contributed by atoms with Gasteiger partial charge in [0.15, 0.2) is 11.6 Å². The number of benzene rings is 1. The highest BCUT2D eigenvalue weighted by molar-refractivity contribution is 5.87. The molecule has 0 aliphatic heterocycles. The number of ether oxygens (including phenoxy) is 1. The second-order valence-corrected chi connectivity index (χ2v) is 4.23. The van der Waals surface area contributed by atoms with Crippen LogP contribution in [0, 0.1) is 17.7 Å². The van der Waals surface area contributed by atoms with E-state index in [0.717, 1.165) is 5.39 Å². The summed E-state index contributed by atoms with van der Waals surface area (Å²) in [6, 6.07) is 7.95. The van der Waals surface area contributed by atoms with Gasteiger partial charge in [0.05, 0.1) is 11.1 Å². The number of anilines is 1. The van der Waals surface area contributed by atoms with Crippen LogP contribution in [0.2, 0.25) is 0 Å². The maximum atomic E-state index is 13.3. The van der Waals surface area contributed by atoms with E-state index in [0.29, 0.717) is 17.2 Å². The Labute approximate surface area is 120 Å². The summed E-state index contributed by atoms with van der Waals surface area (Å²) in [6.07, 6.45) is 1.38. The number of nitrogens with two attached hydrogens (primary N) is 1. The number of halogens is 1. The number of H-pyrrole nitrogens is 1. The van der Waals surface area contributed by atoms with E-state index in [2.05, 4.69) is 26.8 Å². The molecule has 2 aromatic heterocycles. The van der Waals surface area contributed by atoms with Crippen LogP contribution in [0.25, 0.3) is 11.0 Å². The van der Waals surface area contributed by atoms with Gasteiger partial charge in [0, 0.05) is 0 Å². The molecule has 0 amide bonds. The van der Waals surface area contributed by atoms with Crippen molar-refractivity contribution in [2.45, 2.75) is 0 Å². The monoisotopic (exact) mass is 282 g/mol. The third-order valence-electron chi connectivity index (χ3n) is 2.82. The second kappa shape index (κ2) is 5.51. The van der Waals surface area contributed by atoms with Crippen molar-refractivity contribution in [2.24, 2.45) is 0 Å². The average molecular weight is 282 g/mol. The Morgan fingerprint density at radius 1 is 1.29 bits per heavy atom. The summed E-state index contributed by atoms with van der Waals surface area (Å²) in [6.45, 7) is 0.0808. The van der Waals surface area contributed by atoms with Crippen molar-refractivity contribution in [1.29, 1.82) is 0 Å². The summed E-state index contributed by atoms with van der Waals surface area (Å²) < 4.78 is 18.6. The third-order valence-corrected chi connectivity index (χ3v) is 2.82. The Hall–Kier alpha value is -3.07. The smallest absolute Gasteiger partial charge is 0.165 e. The summed E-state index contributed by atoms with van der Waals surface area (Å²) in [5.41, 5.74) is 7.01. The van der Waals surface area contributed by atoms with Gasteiger partial charge in [0.25, 0.3) is 0 Å². The number of fused-ring (bicyclic) bond motifs is 1. The molecule has 0 radical (unpaired) electrons. The Balaban J connectivity index is 1.72. The quantitative estimate of drug-likeness (QED) is 0.706. The molecule has 0 fully saturated rings. The number of hydrogen-bond acceptors (Lipinski definition) is 4. The molecule has 3 aromatic rings. The fourth-order valence-electron chi connectivity index (χ4n) is 1.83. The Morgan fingerprint density at radius 3 is 2.95 bits per heavy atom. The molecule has 5 nitrogen and oxygen atoms in total. The van der Waals surface area contributed by atoms with Gasteiger partial charge < -0.3 is 15.5 Å². The van der Waals surface area contributed by atoms with Crippen LogP contribution >= 0.6 is 0 Å². The Morgan fingerprint density at radius 2 is 2.14 bits per heavy atom. The molecule has 0 bridgehead atoms. The molecule has 0 saturated heterocycles. The highest BCUT2D eigenvalue weighted by Gasteiger charge is 2.03. The van der Waals surface area contributed by atoms with Crippen LogP contribution < -0.4 is 10.5 Å². The zero-order valence-corrected chi connectivity index (χ0v) is 10.9. The van der Waals surface area contributed by atoms with Gasteiger partial charge in [0.2, 0.25) is 0 Å². The predicted octanol–water partition coefficient (Wildman–Crippen LogP) is 2.11. The summed E-state index contributed by atoms with van der Waals surface area (Å²) in [4.78, 5) is 11.0. The molecule has 21 heavy (non-hydrogen) atoms. The minimum Gasteiger partial charge on any atom is -0.478 e. The molecule has 0 aliphatic carbocycles. The highest BCUT2D eigenvalue weighted by atomic mass is 19.1. The second-order valence-electron chi connectivity index (χ2n) is 4.23. The third kappa shape index (κ3) is 2.77. The van der Waals surface area contributed by atoms with Crippen molar-refractivity contribution in [2.75, 3.05) is 12.3 Å². The number of nitrogens with one attached hydrogen (secondary N) is 1. The largest absolute Gasteiger partial charge is 0.478 e. The first-order chi connectivity index (χ1) is 10.2. The standard InChI is InChI=1S/C15H11FN4O/c16-12-5-1-2-6-13(12)21-7-3-4-10-8-11-14(17)18-9-19-15(11)20-10/h1-2,5-6,8-9H,7H2,(H3,17,18,19,20). The zero-order chi connectivity index (χ0) is 14.7. The van der Waals surface area contributed by atoms with E-state index in [-0.39, 0.29) is 12.4 Å². The van der Waals surface area contributed by atoms with Crippen molar-refractivity contribution in [3.63, 3.8) is 0 Å². The van der Waals surface area contributed by atoms with Gasteiger partial charge in [-0.2, -0.15) is 0 Å². The minimum atomic E-state index is -0.409. The average Bonchev–Trinajstić information content (AvgIpc) is 2.90. The van der Waals surface area contributed by atoms with Gasteiger partial charge in [-0.05, 0) is 24.1 Å². The zero-order valence-electron chi connectivity index (χ0n) is 10.9. The van der Waals surface area contributed by atoms with Gasteiger partial charge in [-0.3, -0.25) is 0 Å². The number of nitrogen functional groups attached to an aromatic ring is 1. The lowest BCUT2D eigenvalue weighted by Gasteiger charge is -2.01. The maximum absolute atomic E-state index is 13.3. The summed E-state index contributed by atoms with van der Waals surface area (Å²) >= 11 is 0. The normalized spacial score (nSPS) is 10.1. The van der Waals surface area contributed by atoms with Crippen molar-refractivity contribution >= 4 is 16.9 Å². The summed E-state index contributed by atoms with van der Waals surface area (Å²) in [5.74, 6) is 5.84. The van der Waals surface area contributed by atoms with Crippen molar-refractivity contribution in [1.82, 2.24) is 15.0 Å². The topological polar surface area (TPSA) is 76.8 Å². The van der Waals surface area contributed by atoms with Crippen LogP contribution in [-0.2, 0) is 0 Å². The molecule has 0 atom stereocenters. The van der Waals surface area contributed by atoms with Gasteiger partial charge in [-0.1, -0.05) is 18.1 Å². The number of aromatic nitrogens is 3. The first-order valence-electron chi connectivity index (χ1n) is 6.19. The first-order valence-corrected chi connectivity index (χ1v) is 6.19. The van der Waals surface area contributed by atoms with Crippen molar-refractivity contribution in [3.05, 3.63) is 48.2 Å². The highest BCUT2D eigenvalue weighted by Crippen LogP contribution is 2.17. The molecule has 0 aliphatic rings. The number of rotatable bonds is 2. The number of hydrogen-bond donors (Lipinski definition) is 2. The van der Waals surface area contributed by atoms with E-state index in [1.807, 2.05) is 0 Å². The Kier molecular flexibility index (Phi) is 3.39. The van der Waals surface area contributed by atoms with Gasteiger partial charge in [-0.25, -0.2) is 14.4 Å². The lowest BCUT2D eigenvalue weighted by Crippen LogP contribution is -1.96. The van der Waals surface area contributed by atoms with E-state index in [9.17, 15) is 4.39 Å². The molecule has 3 rings (SSSR count). The van der Waals surface area contributed by atoms with Gasteiger partial charge in [-0.15, -0.1) is 0 Å². The molecular weight excluding hydrogens is 271 g/mol. The first kappa shape index (κ1) is 12.9. The van der Waals surface area contributed by atoms with Crippen LogP contribution in [0.4, 0.5) is 10.2 Å².